The number of hydrogen-bond acceptors (Lipinski definition) is 3. The highest BCUT2D eigenvalue weighted by Gasteiger charge is 2.17. The quantitative estimate of drug-likeness (QED) is 0.831. The van der Waals surface area contributed by atoms with E-state index in [2.05, 4.69) is 0 Å². The third kappa shape index (κ3) is 3.82. The molecule has 0 saturated carbocycles. The van der Waals surface area contributed by atoms with Crippen LogP contribution in [0.3, 0.4) is 0 Å². The first-order valence-corrected chi connectivity index (χ1v) is 6.64. The number of para-hydroxylation sites is 1. The number of rotatable bonds is 7. The van der Waals surface area contributed by atoms with Gasteiger partial charge in [0, 0.05) is 25.4 Å². The molecule has 0 aliphatic rings. The summed E-state index contributed by atoms with van der Waals surface area (Å²) in [6.07, 6.45) is 1.83. The second-order valence-electron chi connectivity index (χ2n) is 4.70. The molecule has 0 fully saturated rings. The zero-order valence-corrected chi connectivity index (χ0v) is 11.9. The fraction of sp³-hybridized carbons (Fsp3) is 0.333. The molecule has 0 radical (unpaired) electrons. The van der Waals surface area contributed by atoms with Gasteiger partial charge in [-0.2, -0.15) is 0 Å². The van der Waals surface area contributed by atoms with Crippen LogP contribution in [0.25, 0.3) is 10.9 Å². The molecule has 0 atom stereocenters. The normalized spacial score (nSPS) is 10.7. The van der Waals surface area contributed by atoms with E-state index in [-0.39, 0.29) is 25.5 Å². The summed E-state index contributed by atoms with van der Waals surface area (Å²) in [5.41, 5.74) is 0.952. The minimum absolute atomic E-state index is 0.116. The molecule has 6 nitrogen and oxygen atoms in total. The van der Waals surface area contributed by atoms with Crippen LogP contribution in [0.2, 0.25) is 0 Å². The van der Waals surface area contributed by atoms with Crippen molar-refractivity contribution in [2.24, 2.45) is 0 Å². The lowest BCUT2D eigenvalue weighted by Gasteiger charge is -2.20. The van der Waals surface area contributed by atoms with Crippen LogP contribution in [0.1, 0.15) is 0 Å². The summed E-state index contributed by atoms with van der Waals surface area (Å²) < 4.78 is 6.73. The van der Waals surface area contributed by atoms with Gasteiger partial charge in [-0.1, -0.05) is 18.2 Å². The minimum Gasteiger partial charge on any atom is -0.480 e. The number of carboxylic acid groups (broad SMARTS) is 1. The van der Waals surface area contributed by atoms with E-state index in [9.17, 15) is 9.59 Å². The number of amides is 1. The van der Waals surface area contributed by atoms with E-state index >= 15 is 0 Å². The lowest BCUT2D eigenvalue weighted by Crippen LogP contribution is -2.39. The highest BCUT2D eigenvalue weighted by molar-refractivity contribution is 5.85. The molecule has 112 valence electrons. The van der Waals surface area contributed by atoms with Crippen molar-refractivity contribution in [3.63, 3.8) is 0 Å². The van der Waals surface area contributed by atoms with Crippen molar-refractivity contribution in [3.05, 3.63) is 36.5 Å². The maximum Gasteiger partial charge on any atom is 0.323 e. The van der Waals surface area contributed by atoms with Crippen molar-refractivity contribution < 1.29 is 19.4 Å². The monoisotopic (exact) mass is 290 g/mol. The summed E-state index contributed by atoms with van der Waals surface area (Å²) in [5.74, 6) is -1.27. The van der Waals surface area contributed by atoms with Crippen molar-refractivity contribution >= 4 is 22.8 Å². The molecule has 1 aromatic heterocycles. The third-order valence-corrected chi connectivity index (χ3v) is 3.23. The number of aromatic nitrogens is 1. The van der Waals surface area contributed by atoms with Gasteiger partial charge in [0.1, 0.15) is 13.1 Å². The van der Waals surface area contributed by atoms with Gasteiger partial charge < -0.3 is 19.3 Å². The van der Waals surface area contributed by atoms with Gasteiger partial charge in [-0.3, -0.25) is 9.59 Å². The summed E-state index contributed by atoms with van der Waals surface area (Å²) in [6, 6.07) is 9.67. The Balaban J connectivity index is 2.11. The van der Waals surface area contributed by atoms with Crippen molar-refractivity contribution in [1.82, 2.24) is 9.47 Å². The number of ether oxygens (including phenoxy) is 1. The van der Waals surface area contributed by atoms with Gasteiger partial charge in [0.25, 0.3) is 0 Å². The molecule has 0 bridgehead atoms. The Bertz CT molecular complexity index is 635. The molecule has 0 unspecified atom stereocenters. The molecular formula is C15H18N2O4. The molecule has 0 aliphatic heterocycles. The SMILES string of the molecule is COCCN(CC(=O)O)C(=O)Cn1ccc2ccccc21. The van der Waals surface area contributed by atoms with Crippen molar-refractivity contribution in [2.75, 3.05) is 26.8 Å². The smallest absolute Gasteiger partial charge is 0.323 e. The molecule has 0 saturated heterocycles. The van der Waals surface area contributed by atoms with Crippen molar-refractivity contribution in [3.8, 4) is 0 Å². The largest absolute Gasteiger partial charge is 0.480 e. The lowest BCUT2D eigenvalue weighted by molar-refractivity contribution is -0.145. The fourth-order valence-corrected chi connectivity index (χ4v) is 2.18. The summed E-state index contributed by atoms with van der Waals surface area (Å²) >= 11 is 0. The highest BCUT2D eigenvalue weighted by atomic mass is 16.5. The zero-order valence-electron chi connectivity index (χ0n) is 11.9. The average molecular weight is 290 g/mol. The van der Waals surface area contributed by atoms with E-state index in [0.717, 1.165) is 10.9 Å². The lowest BCUT2D eigenvalue weighted by atomic mass is 10.2. The van der Waals surface area contributed by atoms with E-state index in [1.165, 1.54) is 12.0 Å². The number of aliphatic carboxylic acids is 1. The maximum atomic E-state index is 12.3. The van der Waals surface area contributed by atoms with Crippen LogP contribution < -0.4 is 0 Å². The molecule has 1 aromatic carbocycles. The average Bonchev–Trinajstić information content (AvgIpc) is 2.86. The van der Waals surface area contributed by atoms with Gasteiger partial charge >= 0.3 is 5.97 Å². The van der Waals surface area contributed by atoms with E-state index in [1.54, 1.807) is 0 Å². The van der Waals surface area contributed by atoms with E-state index in [4.69, 9.17) is 9.84 Å². The molecule has 2 rings (SSSR count). The van der Waals surface area contributed by atoms with Gasteiger partial charge in [-0.15, -0.1) is 0 Å². The van der Waals surface area contributed by atoms with Crippen molar-refractivity contribution in [2.45, 2.75) is 6.54 Å². The second-order valence-corrected chi connectivity index (χ2v) is 4.70. The van der Waals surface area contributed by atoms with E-state index in [0.29, 0.717) is 6.61 Å². The van der Waals surface area contributed by atoms with Crippen LogP contribution in [0.5, 0.6) is 0 Å². The van der Waals surface area contributed by atoms with E-state index in [1.807, 2.05) is 41.1 Å². The first-order valence-electron chi connectivity index (χ1n) is 6.64. The molecule has 1 N–H and O–H groups in total. The van der Waals surface area contributed by atoms with Crippen LogP contribution in [0, 0.1) is 0 Å². The maximum absolute atomic E-state index is 12.3. The number of carbonyl (C=O) groups excluding carboxylic acids is 1. The predicted octanol–water partition coefficient (Wildman–Crippen LogP) is 1.20. The second kappa shape index (κ2) is 6.90. The molecule has 0 aliphatic carbocycles. The van der Waals surface area contributed by atoms with E-state index < -0.39 is 5.97 Å². The Morgan fingerprint density at radius 2 is 2.05 bits per heavy atom. The Labute approximate surface area is 122 Å². The molecule has 1 amide bonds. The Morgan fingerprint density at radius 1 is 1.29 bits per heavy atom. The van der Waals surface area contributed by atoms with Crippen LogP contribution in [-0.4, -0.2) is 53.3 Å². The first kappa shape index (κ1) is 15.1. The number of nitrogens with zero attached hydrogens (tertiary/aromatic N) is 2. The topological polar surface area (TPSA) is 71.8 Å². The predicted molar refractivity (Wildman–Crippen MR) is 78.0 cm³/mol. The molecule has 2 aromatic rings. The summed E-state index contributed by atoms with van der Waals surface area (Å²) in [6.45, 7) is 0.373. The number of hydrogen-bond donors (Lipinski definition) is 1. The standard InChI is InChI=1S/C15H18N2O4/c1-21-9-8-17(11-15(19)20)14(18)10-16-7-6-12-4-2-3-5-13(12)16/h2-7H,8-11H2,1H3,(H,19,20). The van der Waals surface area contributed by atoms with Crippen LogP contribution >= 0.6 is 0 Å². The van der Waals surface area contributed by atoms with Crippen LogP contribution in [0.15, 0.2) is 36.5 Å². The van der Waals surface area contributed by atoms with Gasteiger partial charge in [0.05, 0.1) is 6.61 Å². The summed E-state index contributed by atoms with van der Waals surface area (Å²) in [4.78, 5) is 24.4. The Hall–Kier alpha value is -2.34. The van der Waals surface area contributed by atoms with Crippen LogP contribution in [0.4, 0.5) is 0 Å². The highest BCUT2D eigenvalue weighted by Crippen LogP contribution is 2.15. The number of carboxylic acids is 1. The van der Waals surface area contributed by atoms with Gasteiger partial charge in [-0.25, -0.2) is 0 Å². The van der Waals surface area contributed by atoms with Crippen LogP contribution in [-0.2, 0) is 20.9 Å². The van der Waals surface area contributed by atoms with Gasteiger partial charge in [0.2, 0.25) is 5.91 Å². The van der Waals surface area contributed by atoms with Gasteiger partial charge in [-0.05, 0) is 17.5 Å². The number of benzene rings is 1. The fourth-order valence-electron chi connectivity index (χ4n) is 2.18. The summed E-state index contributed by atoms with van der Waals surface area (Å²) in [5, 5.41) is 9.94. The summed E-state index contributed by atoms with van der Waals surface area (Å²) in [7, 11) is 1.52. The first-order chi connectivity index (χ1) is 10.1. The number of carbonyl (C=O) groups is 2. The number of methoxy groups -OCH3 is 1. The number of fused-ring (bicyclic) bond motifs is 1. The third-order valence-electron chi connectivity index (χ3n) is 3.23. The molecular weight excluding hydrogens is 272 g/mol. The zero-order chi connectivity index (χ0) is 15.2. The molecule has 21 heavy (non-hydrogen) atoms. The van der Waals surface area contributed by atoms with Crippen molar-refractivity contribution in [1.29, 1.82) is 0 Å². The minimum atomic E-state index is -1.03. The Morgan fingerprint density at radius 3 is 2.76 bits per heavy atom. The van der Waals surface area contributed by atoms with Gasteiger partial charge in [0.15, 0.2) is 0 Å². The molecule has 1 heterocycles. The molecule has 0 spiro atoms. The molecule has 6 heteroatoms. The Kier molecular flexibility index (Phi) is 4.94.